The molecule has 0 saturated carbocycles. The Hall–Kier alpha value is -1.89. The lowest BCUT2D eigenvalue weighted by Gasteiger charge is -2.31. The van der Waals surface area contributed by atoms with Crippen molar-refractivity contribution in [1.82, 2.24) is 5.32 Å². The Balaban J connectivity index is 1.52. The predicted octanol–water partition coefficient (Wildman–Crippen LogP) is 0.899. The number of carbonyl (C=O) groups excluding carboxylic acids is 1. The second kappa shape index (κ2) is 8.82. The summed E-state index contributed by atoms with van der Waals surface area (Å²) in [6.45, 7) is 4.16. The van der Waals surface area contributed by atoms with Gasteiger partial charge in [0.1, 0.15) is 24.9 Å². The fourth-order valence-electron chi connectivity index (χ4n) is 2.85. The van der Waals surface area contributed by atoms with Gasteiger partial charge < -0.3 is 19.7 Å². The van der Waals surface area contributed by atoms with Crippen LogP contribution in [0.4, 0.5) is 0 Å². The standard InChI is InChI=1S/C18H22N2O3S/c21-18(14-23-15-5-2-1-3-6-15)19-13-16(17-7-4-12-24-17)20-8-10-22-11-9-20/h1-7,12,16H,8-11,13-14H2,(H,19,21)/p+1/t16-/m0/s1. The Kier molecular flexibility index (Phi) is 6.23. The first-order valence-corrected chi connectivity index (χ1v) is 9.11. The molecule has 0 radical (unpaired) electrons. The maximum Gasteiger partial charge on any atom is 0.258 e. The Morgan fingerprint density at radius 3 is 2.71 bits per heavy atom. The van der Waals surface area contributed by atoms with Gasteiger partial charge >= 0.3 is 0 Å². The second-order valence-electron chi connectivity index (χ2n) is 5.74. The van der Waals surface area contributed by atoms with Crippen molar-refractivity contribution >= 4 is 17.2 Å². The normalized spacial score (nSPS) is 16.5. The lowest BCUT2D eigenvalue weighted by molar-refractivity contribution is -0.937. The van der Waals surface area contributed by atoms with E-state index in [-0.39, 0.29) is 18.6 Å². The topological polar surface area (TPSA) is 52.0 Å². The molecule has 1 atom stereocenters. The average Bonchev–Trinajstić information content (AvgIpc) is 3.16. The summed E-state index contributed by atoms with van der Waals surface area (Å²) < 4.78 is 11.0. The lowest BCUT2D eigenvalue weighted by atomic mass is 10.2. The van der Waals surface area contributed by atoms with E-state index in [1.54, 1.807) is 11.3 Å². The highest BCUT2D eigenvalue weighted by atomic mass is 32.1. The lowest BCUT2D eigenvalue weighted by Crippen LogP contribution is -3.15. The van der Waals surface area contributed by atoms with E-state index in [0.29, 0.717) is 12.3 Å². The molecule has 2 heterocycles. The third kappa shape index (κ3) is 4.80. The summed E-state index contributed by atoms with van der Waals surface area (Å²) in [5, 5.41) is 5.11. The molecule has 24 heavy (non-hydrogen) atoms. The number of ether oxygens (including phenoxy) is 2. The number of carbonyl (C=O) groups is 1. The number of hydrogen-bond acceptors (Lipinski definition) is 4. The van der Waals surface area contributed by atoms with E-state index in [0.717, 1.165) is 26.3 Å². The Morgan fingerprint density at radius 1 is 1.21 bits per heavy atom. The second-order valence-corrected chi connectivity index (χ2v) is 6.72. The minimum atomic E-state index is -0.0898. The Labute approximate surface area is 146 Å². The van der Waals surface area contributed by atoms with Crippen LogP contribution in [0.5, 0.6) is 5.75 Å². The van der Waals surface area contributed by atoms with E-state index in [2.05, 4.69) is 22.8 Å². The summed E-state index contributed by atoms with van der Waals surface area (Å²) in [4.78, 5) is 14.9. The van der Waals surface area contributed by atoms with E-state index < -0.39 is 0 Å². The average molecular weight is 347 g/mol. The van der Waals surface area contributed by atoms with Crippen LogP contribution >= 0.6 is 11.3 Å². The SMILES string of the molecule is O=C(COc1ccccc1)NC[C@@H](c1cccs1)[NH+]1CCOCC1. The van der Waals surface area contributed by atoms with Crippen molar-refractivity contribution in [3.8, 4) is 5.75 Å². The molecule has 1 aromatic carbocycles. The first-order valence-electron chi connectivity index (χ1n) is 8.23. The minimum Gasteiger partial charge on any atom is -0.484 e. The first kappa shape index (κ1) is 17.0. The van der Waals surface area contributed by atoms with E-state index in [4.69, 9.17) is 9.47 Å². The molecule has 1 amide bonds. The van der Waals surface area contributed by atoms with Crippen LogP contribution in [0.1, 0.15) is 10.9 Å². The minimum absolute atomic E-state index is 0.0413. The summed E-state index contributed by atoms with van der Waals surface area (Å²) in [7, 11) is 0. The van der Waals surface area contributed by atoms with Gasteiger partial charge in [0.2, 0.25) is 0 Å². The zero-order valence-electron chi connectivity index (χ0n) is 13.6. The predicted molar refractivity (Wildman–Crippen MR) is 93.5 cm³/mol. The third-order valence-corrected chi connectivity index (χ3v) is 5.12. The van der Waals surface area contributed by atoms with Crippen LogP contribution in [-0.2, 0) is 9.53 Å². The molecule has 2 aromatic rings. The highest BCUT2D eigenvalue weighted by Gasteiger charge is 2.27. The molecule has 2 N–H and O–H groups in total. The van der Waals surface area contributed by atoms with Crippen LogP contribution in [0.15, 0.2) is 47.8 Å². The molecule has 0 bridgehead atoms. The smallest absolute Gasteiger partial charge is 0.258 e. The quantitative estimate of drug-likeness (QED) is 0.782. The van der Waals surface area contributed by atoms with Gasteiger partial charge in [0.25, 0.3) is 5.91 Å². The maximum absolute atomic E-state index is 12.1. The molecule has 3 rings (SSSR count). The molecule has 5 nitrogen and oxygen atoms in total. The van der Waals surface area contributed by atoms with Gasteiger partial charge in [-0.05, 0) is 23.6 Å². The molecule has 1 aromatic heterocycles. The zero-order chi connectivity index (χ0) is 16.6. The fourth-order valence-corrected chi connectivity index (χ4v) is 3.74. The summed E-state index contributed by atoms with van der Waals surface area (Å²) in [5.41, 5.74) is 0. The Morgan fingerprint density at radius 2 is 2.00 bits per heavy atom. The molecule has 0 aliphatic carbocycles. The zero-order valence-corrected chi connectivity index (χ0v) is 14.4. The third-order valence-electron chi connectivity index (χ3n) is 4.13. The summed E-state index contributed by atoms with van der Waals surface area (Å²) in [6, 6.07) is 13.9. The molecule has 6 heteroatoms. The number of hydrogen-bond donors (Lipinski definition) is 2. The number of para-hydroxylation sites is 1. The van der Waals surface area contributed by atoms with Crippen LogP contribution in [-0.4, -0.2) is 45.4 Å². The highest BCUT2D eigenvalue weighted by Crippen LogP contribution is 2.16. The van der Waals surface area contributed by atoms with Gasteiger partial charge in [-0.2, -0.15) is 0 Å². The molecule has 1 saturated heterocycles. The fraction of sp³-hybridized carbons (Fsp3) is 0.389. The maximum atomic E-state index is 12.1. The molecule has 0 spiro atoms. The van der Waals surface area contributed by atoms with Gasteiger partial charge in [-0.25, -0.2) is 0 Å². The van der Waals surface area contributed by atoms with Crippen molar-refractivity contribution in [1.29, 1.82) is 0 Å². The number of rotatable bonds is 7. The van der Waals surface area contributed by atoms with Crippen molar-refractivity contribution in [2.75, 3.05) is 39.5 Å². The van der Waals surface area contributed by atoms with E-state index >= 15 is 0 Å². The molecule has 1 fully saturated rings. The summed E-state index contributed by atoms with van der Waals surface area (Å²) in [6.07, 6.45) is 0. The molecule has 0 unspecified atom stereocenters. The van der Waals surface area contributed by atoms with Crippen molar-refractivity contribution in [2.24, 2.45) is 0 Å². The summed E-state index contributed by atoms with van der Waals surface area (Å²) in [5.74, 6) is 0.620. The van der Waals surface area contributed by atoms with Crippen LogP contribution < -0.4 is 15.0 Å². The monoisotopic (exact) mass is 347 g/mol. The number of nitrogens with one attached hydrogen (secondary N) is 2. The van der Waals surface area contributed by atoms with Crippen molar-refractivity contribution in [2.45, 2.75) is 6.04 Å². The Bertz CT molecular complexity index is 612. The van der Waals surface area contributed by atoms with Crippen LogP contribution in [0.25, 0.3) is 0 Å². The van der Waals surface area contributed by atoms with Crippen molar-refractivity contribution < 1.29 is 19.2 Å². The molecule has 1 aliphatic heterocycles. The van der Waals surface area contributed by atoms with Crippen LogP contribution in [0.3, 0.4) is 0 Å². The number of thiophene rings is 1. The van der Waals surface area contributed by atoms with Gasteiger partial charge in [-0.3, -0.25) is 4.79 Å². The number of quaternary nitrogens is 1. The molecule has 1 aliphatic rings. The van der Waals surface area contributed by atoms with Gasteiger partial charge in [0.15, 0.2) is 6.61 Å². The van der Waals surface area contributed by atoms with Gasteiger partial charge in [0, 0.05) is 0 Å². The largest absolute Gasteiger partial charge is 0.484 e. The summed E-state index contributed by atoms with van der Waals surface area (Å²) >= 11 is 1.74. The highest BCUT2D eigenvalue weighted by molar-refractivity contribution is 7.10. The van der Waals surface area contributed by atoms with Crippen LogP contribution in [0.2, 0.25) is 0 Å². The molecule has 128 valence electrons. The number of morpholine rings is 1. The van der Waals surface area contributed by atoms with Crippen molar-refractivity contribution in [3.05, 3.63) is 52.7 Å². The van der Waals surface area contributed by atoms with Crippen LogP contribution in [0, 0.1) is 0 Å². The van der Waals surface area contributed by atoms with E-state index in [1.165, 1.54) is 9.78 Å². The number of amides is 1. The van der Waals surface area contributed by atoms with E-state index in [1.807, 2.05) is 30.3 Å². The van der Waals surface area contributed by atoms with Gasteiger partial charge in [0.05, 0.1) is 24.6 Å². The van der Waals surface area contributed by atoms with Gasteiger partial charge in [-0.15, -0.1) is 11.3 Å². The first-order chi connectivity index (χ1) is 11.8. The van der Waals surface area contributed by atoms with Gasteiger partial charge in [-0.1, -0.05) is 24.3 Å². The van der Waals surface area contributed by atoms with E-state index in [9.17, 15) is 4.79 Å². The molecular weight excluding hydrogens is 324 g/mol. The van der Waals surface area contributed by atoms with Crippen molar-refractivity contribution in [3.63, 3.8) is 0 Å². The molecular formula is C18H23N2O3S+. The number of benzene rings is 1.